The molecule has 5 heteroatoms. The number of fused-ring (bicyclic) bond motifs is 1. The lowest BCUT2D eigenvalue weighted by atomic mass is 10.3. The number of nitrogens with two attached hydrogens (primary N) is 1. The van der Waals surface area contributed by atoms with Crippen molar-refractivity contribution in [1.29, 1.82) is 0 Å². The van der Waals surface area contributed by atoms with Crippen LogP contribution in [-0.4, -0.2) is 26.7 Å². The van der Waals surface area contributed by atoms with Gasteiger partial charge in [-0.1, -0.05) is 5.92 Å². The first-order valence-electron chi connectivity index (χ1n) is 3.75. The highest BCUT2D eigenvalue weighted by molar-refractivity contribution is 5.79. The average molecular weight is 173 g/mol. The maximum Gasteiger partial charge on any atom is 0.185 e. The predicted octanol–water partition coefficient (Wildman–Crippen LogP) is -0.337. The fourth-order valence-electron chi connectivity index (χ4n) is 0.992. The van der Waals surface area contributed by atoms with Crippen molar-refractivity contribution in [2.24, 2.45) is 5.73 Å². The molecule has 13 heavy (non-hydrogen) atoms. The van der Waals surface area contributed by atoms with Gasteiger partial charge in [0, 0.05) is 6.20 Å². The lowest BCUT2D eigenvalue weighted by molar-refractivity contribution is 1.08. The number of hydrogen-bond acceptors (Lipinski definition) is 4. The van der Waals surface area contributed by atoms with Crippen LogP contribution in [0.2, 0.25) is 0 Å². The summed E-state index contributed by atoms with van der Waals surface area (Å²) in [6.45, 7) is 0.328. The van der Waals surface area contributed by atoms with Crippen molar-refractivity contribution in [3.63, 3.8) is 0 Å². The number of H-pyrrole nitrogens is 1. The Balaban J connectivity index is 2.58. The molecule has 2 heterocycles. The van der Waals surface area contributed by atoms with Crippen LogP contribution < -0.4 is 5.73 Å². The van der Waals surface area contributed by atoms with Gasteiger partial charge < -0.3 is 5.73 Å². The highest BCUT2D eigenvalue weighted by atomic mass is 15.2. The summed E-state index contributed by atoms with van der Waals surface area (Å²) >= 11 is 0. The van der Waals surface area contributed by atoms with E-state index in [-0.39, 0.29) is 0 Å². The van der Waals surface area contributed by atoms with Crippen molar-refractivity contribution >= 4 is 11.0 Å². The summed E-state index contributed by atoms with van der Waals surface area (Å²) < 4.78 is 0. The molecule has 0 aliphatic heterocycles. The minimum absolute atomic E-state index is 0.328. The van der Waals surface area contributed by atoms with Crippen LogP contribution in [0, 0.1) is 11.8 Å². The molecule has 0 atom stereocenters. The predicted molar refractivity (Wildman–Crippen MR) is 47.6 cm³/mol. The summed E-state index contributed by atoms with van der Waals surface area (Å²) in [6, 6.07) is 0. The summed E-state index contributed by atoms with van der Waals surface area (Å²) in [4.78, 5) is 7.84. The van der Waals surface area contributed by atoms with Gasteiger partial charge in [-0.15, -0.1) is 0 Å². The summed E-state index contributed by atoms with van der Waals surface area (Å²) in [5.41, 5.74) is 6.58. The monoisotopic (exact) mass is 173 g/mol. The zero-order valence-corrected chi connectivity index (χ0v) is 6.78. The third-order valence-corrected chi connectivity index (χ3v) is 1.55. The first-order chi connectivity index (χ1) is 6.42. The van der Waals surface area contributed by atoms with Gasteiger partial charge in [0.05, 0.1) is 11.9 Å². The largest absolute Gasteiger partial charge is 0.320 e. The second kappa shape index (κ2) is 3.21. The van der Waals surface area contributed by atoms with E-state index in [1.54, 1.807) is 6.20 Å². The molecule has 2 aromatic rings. The standard InChI is InChI=1S/C8H7N5/c9-3-1-2-7-6-4-10-5-11-8(6)13-12-7/h4-5H,3,9H2,(H,10,11,12,13). The molecular formula is C8H7N5. The van der Waals surface area contributed by atoms with Crippen molar-refractivity contribution in [2.75, 3.05) is 6.54 Å². The summed E-state index contributed by atoms with van der Waals surface area (Å²) in [5, 5.41) is 7.54. The molecule has 2 rings (SSSR count). The molecule has 0 aromatic carbocycles. The summed E-state index contributed by atoms with van der Waals surface area (Å²) in [5.74, 6) is 5.59. The van der Waals surface area contributed by atoms with E-state index < -0.39 is 0 Å². The van der Waals surface area contributed by atoms with E-state index in [0.717, 1.165) is 5.39 Å². The lowest BCUT2D eigenvalue weighted by Gasteiger charge is -1.83. The number of hydrogen-bond donors (Lipinski definition) is 2. The zero-order chi connectivity index (χ0) is 9.10. The fraction of sp³-hybridized carbons (Fsp3) is 0.125. The number of nitrogens with zero attached hydrogens (tertiary/aromatic N) is 3. The van der Waals surface area contributed by atoms with E-state index in [1.165, 1.54) is 6.33 Å². The van der Waals surface area contributed by atoms with Crippen molar-refractivity contribution in [3.05, 3.63) is 18.2 Å². The lowest BCUT2D eigenvalue weighted by Crippen LogP contribution is -1.93. The SMILES string of the molecule is NCC#Cc1[nH]nc2ncncc12. The Kier molecular flexibility index (Phi) is 1.90. The molecule has 64 valence electrons. The van der Waals surface area contributed by atoms with Gasteiger partial charge in [0.25, 0.3) is 0 Å². The van der Waals surface area contributed by atoms with Gasteiger partial charge in [0.1, 0.15) is 12.0 Å². The molecule has 0 aliphatic rings. The van der Waals surface area contributed by atoms with Gasteiger partial charge in [0.15, 0.2) is 5.65 Å². The first-order valence-corrected chi connectivity index (χ1v) is 3.75. The van der Waals surface area contributed by atoms with E-state index in [9.17, 15) is 0 Å². The Morgan fingerprint density at radius 3 is 3.31 bits per heavy atom. The van der Waals surface area contributed by atoms with Crippen LogP contribution in [-0.2, 0) is 0 Å². The van der Waals surface area contributed by atoms with Crippen molar-refractivity contribution in [3.8, 4) is 11.8 Å². The molecule has 2 aromatic heterocycles. The molecule has 0 spiro atoms. The smallest absolute Gasteiger partial charge is 0.185 e. The normalized spacial score (nSPS) is 9.62. The molecule has 5 nitrogen and oxygen atoms in total. The van der Waals surface area contributed by atoms with Crippen LogP contribution in [0.5, 0.6) is 0 Å². The van der Waals surface area contributed by atoms with Crippen LogP contribution in [0.3, 0.4) is 0 Å². The zero-order valence-electron chi connectivity index (χ0n) is 6.78. The molecular weight excluding hydrogens is 166 g/mol. The first kappa shape index (κ1) is 7.71. The highest BCUT2D eigenvalue weighted by Gasteiger charge is 2.01. The van der Waals surface area contributed by atoms with Crippen LogP contribution in [0.15, 0.2) is 12.5 Å². The Morgan fingerprint density at radius 2 is 2.46 bits per heavy atom. The van der Waals surface area contributed by atoms with Gasteiger partial charge in [-0.2, -0.15) is 5.10 Å². The molecule has 0 saturated heterocycles. The maximum absolute atomic E-state index is 5.25. The van der Waals surface area contributed by atoms with Crippen LogP contribution in [0.25, 0.3) is 11.0 Å². The van der Waals surface area contributed by atoms with Gasteiger partial charge in [-0.3, -0.25) is 5.10 Å². The molecule has 0 amide bonds. The number of aromatic amines is 1. The third kappa shape index (κ3) is 1.35. The van der Waals surface area contributed by atoms with Crippen LogP contribution >= 0.6 is 0 Å². The average Bonchev–Trinajstić information content (AvgIpc) is 2.58. The van der Waals surface area contributed by atoms with Crippen molar-refractivity contribution in [1.82, 2.24) is 20.2 Å². The Morgan fingerprint density at radius 1 is 1.54 bits per heavy atom. The van der Waals surface area contributed by atoms with Crippen molar-refractivity contribution < 1.29 is 0 Å². The number of aromatic nitrogens is 4. The van der Waals surface area contributed by atoms with E-state index in [2.05, 4.69) is 32.0 Å². The fourth-order valence-corrected chi connectivity index (χ4v) is 0.992. The Hall–Kier alpha value is -1.93. The molecule has 0 unspecified atom stereocenters. The minimum atomic E-state index is 0.328. The van der Waals surface area contributed by atoms with E-state index >= 15 is 0 Å². The third-order valence-electron chi connectivity index (χ3n) is 1.55. The van der Waals surface area contributed by atoms with Gasteiger partial charge >= 0.3 is 0 Å². The molecule has 0 radical (unpaired) electrons. The topological polar surface area (TPSA) is 80.5 Å². The quantitative estimate of drug-likeness (QED) is 0.534. The molecule has 0 saturated carbocycles. The second-order valence-electron chi connectivity index (χ2n) is 2.36. The minimum Gasteiger partial charge on any atom is -0.320 e. The van der Waals surface area contributed by atoms with E-state index in [4.69, 9.17) is 5.73 Å². The second-order valence-corrected chi connectivity index (χ2v) is 2.36. The van der Waals surface area contributed by atoms with E-state index in [1.807, 2.05) is 0 Å². The summed E-state index contributed by atoms with van der Waals surface area (Å²) in [6.07, 6.45) is 3.12. The molecule has 0 fully saturated rings. The maximum atomic E-state index is 5.25. The Bertz CT molecular complexity index is 476. The molecule has 0 bridgehead atoms. The van der Waals surface area contributed by atoms with Crippen LogP contribution in [0.1, 0.15) is 5.69 Å². The van der Waals surface area contributed by atoms with Gasteiger partial charge in [-0.25, -0.2) is 9.97 Å². The van der Waals surface area contributed by atoms with Gasteiger partial charge in [0.2, 0.25) is 0 Å². The van der Waals surface area contributed by atoms with Gasteiger partial charge in [-0.05, 0) is 5.92 Å². The number of nitrogens with one attached hydrogen (secondary N) is 1. The molecule has 3 N–H and O–H groups in total. The van der Waals surface area contributed by atoms with Crippen molar-refractivity contribution in [2.45, 2.75) is 0 Å². The number of rotatable bonds is 0. The van der Waals surface area contributed by atoms with E-state index in [0.29, 0.717) is 17.9 Å². The van der Waals surface area contributed by atoms with Crippen LogP contribution in [0.4, 0.5) is 0 Å². The highest BCUT2D eigenvalue weighted by Crippen LogP contribution is 2.09. The Labute approximate surface area is 74.4 Å². The molecule has 0 aliphatic carbocycles. The summed E-state index contributed by atoms with van der Waals surface area (Å²) in [7, 11) is 0.